The molecule has 0 saturated heterocycles. The van der Waals surface area contributed by atoms with Crippen LogP contribution >= 0.6 is 11.6 Å². The van der Waals surface area contributed by atoms with Crippen LogP contribution in [0.25, 0.3) is 5.95 Å². The fourth-order valence-electron chi connectivity index (χ4n) is 1.81. The van der Waals surface area contributed by atoms with Crippen molar-refractivity contribution in [2.24, 2.45) is 0 Å². The average Bonchev–Trinajstić information content (AvgIpc) is 3.02. The molecule has 0 unspecified atom stereocenters. The van der Waals surface area contributed by atoms with E-state index in [1.165, 1.54) is 35.4 Å². The van der Waals surface area contributed by atoms with Gasteiger partial charge in [-0.15, -0.1) is 0 Å². The van der Waals surface area contributed by atoms with E-state index in [-0.39, 0.29) is 21.7 Å². The molecule has 0 spiro atoms. The Balaban J connectivity index is 1.98. The van der Waals surface area contributed by atoms with Crippen molar-refractivity contribution < 1.29 is 12.8 Å². The van der Waals surface area contributed by atoms with Gasteiger partial charge in [0, 0.05) is 12.4 Å². The SMILES string of the molecule is O=S(=O)(Nc1ccc(F)c(Cl)c1)c1cncn1-c1ncccn1. The van der Waals surface area contributed by atoms with Crippen molar-refractivity contribution in [2.45, 2.75) is 5.03 Å². The molecule has 0 radical (unpaired) electrons. The molecule has 0 saturated carbocycles. The van der Waals surface area contributed by atoms with Gasteiger partial charge in [0.25, 0.3) is 10.0 Å². The third-order valence-corrected chi connectivity index (χ3v) is 4.47. The molecule has 2 aromatic heterocycles. The van der Waals surface area contributed by atoms with Crippen LogP contribution in [0.15, 0.2) is 54.2 Å². The van der Waals surface area contributed by atoms with Gasteiger partial charge in [0.15, 0.2) is 5.03 Å². The summed E-state index contributed by atoms with van der Waals surface area (Å²) in [5.41, 5.74) is 0.123. The Hall–Kier alpha value is -2.52. The van der Waals surface area contributed by atoms with E-state index in [2.05, 4.69) is 19.7 Å². The van der Waals surface area contributed by atoms with E-state index >= 15 is 0 Å². The van der Waals surface area contributed by atoms with Gasteiger partial charge in [-0.2, -0.15) is 8.42 Å². The number of aromatic nitrogens is 4. The smallest absolute Gasteiger partial charge is 0.278 e. The van der Waals surface area contributed by atoms with Crippen molar-refractivity contribution in [1.29, 1.82) is 0 Å². The van der Waals surface area contributed by atoms with Crippen molar-refractivity contribution in [2.75, 3.05) is 4.72 Å². The summed E-state index contributed by atoms with van der Waals surface area (Å²) in [6.07, 6.45) is 5.39. The Morgan fingerprint density at radius 1 is 1.22 bits per heavy atom. The Morgan fingerprint density at radius 2 is 1.96 bits per heavy atom. The highest BCUT2D eigenvalue weighted by Gasteiger charge is 2.21. The Bertz CT molecular complexity index is 946. The van der Waals surface area contributed by atoms with E-state index in [1.807, 2.05) is 0 Å². The van der Waals surface area contributed by atoms with E-state index in [9.17, 15) is 12.8 Å². The second-order valence-corrected chi connectivity index (χ2v) is 6.42. The molecule has 1 aromatic carbocycles. The maximum Gasteiger partial charge on any atom is 0.279 e. The zero-order valence-electron chi connectivity index (χ0n) is 11.4. The average molecular weight is 354 g/mol. The van der Waals surface area contributed by atoms with Gasteiger partial charge in [-0.25, -0.2) is 19.3 Å². The first-order valence-electron chi connectivity index (χ1n) is 6.25. The Labute approximate surface area is 135 Å². The first kappa shape index (κ1) is 15.4. The van der Waals surface area contributed by atoms with Crippen LogP contribution in [0.3, 0.4) is 0 Å². The molecule has 0 amide bonds. The van der Waals surface area contributed by atoms with Crippen LogP contribution in [0.5, 0.6) is 0 Å². The number of sulfonamides is 1. The predicted molar refractivity (Wildman–Crippen MR) is 81.4 cm³/mol. The number of nitrogens with zero attached hydrogens (tertiary/aromatic N) is 4. The maximum atomic E-state index is 13.2. The van der Waals surface area contributed by atoms with Gasteiger partial charge in [-0.1, -0.05) is 11.6 Å². The highest BCUT2D eigenvalue weighted by Crippen LogP contribution is 2.22. The molecule has 0 aliphatic heterocycles. The van der Waals surface area contributed by atoms with Crippen molar-refractivity contribution in [1.82, 2.24) is 19.5 Å². The van der Waals surface area contributed by atoms with Crippen LogP contribution in [-0.4, -0.2) is 27.9 Å². The topological polar surface area (TPSA) is 89.8 Å². The van der Waals surface area contributed by atoms with E-state index in [0.717, 1.165) is 12.3 Å². The van der Waals surface area contributed by atoms with Crippen molar-refractivity contribution >= 4 is 27.3 Å². The van der Waals surface area contributed by atoms with E-state index in [4.69, 9.17) is 11.6 Å². The third-order valence-electron chi connectivity index (χ3n) is 2.82. The summed E-state index contributed by atoms with van der Waals surface area (Å²) in [6, 6.07) is 5.11. The minimum absolute atomic E-state index is 0.123. The maximum absolute atomic E-state index is 13.2. The number of hydrogen-bond donors (Lipinski definition) is 1. The van der Waals surface area contributed by atoms with Crippen LogP contribution in [0.4, 0.5) is 10.1 Å². The van der Waals surface area contributed by atoms with Crippen LogP contribution in [0, 0.1) is 5.82 Å². The summed E-state index contributed by atoms with van der Waals surface area (Å²) in [7, 11) is -3.99. The lowest BCUT2D eigenvalue weighted by Gasteiger charge is -2.10. The quantitative estimate of drug-likeness (QED) is 0.777. The third kappa shape index (κ3) is 3.15. The summed E-state index contributed by atoms with van der Waals surface area (Å²) in [5.74, 6) is -0.486. The molecule has 0 atom stereocenters. The van der Waals surface area contributed by atoms with E-state index < -0.39 is 15.8 Å². The summed E-state index contributed by atoms with van der Waals surface area (Å²) < 4.78 is 41.6. The second kappa shape index (κ2) is 5.94. The lowest BCUT2D eigenvalue weighted by molar-refractivity contribution is 0.593. The van der Waals surface area contributed by atoms with Gasteiger partial charge in [0.2, 0.25) is 5.95 Å². The zero-order chi connectivity index (χ0) is 16.4. The normalized spacial score (nSPS) is 11.4. The fraction of sp³-hybridized carbons (Fsp3) is 0. The van der Waals surface area contributed by atoms with Crippen LogP contribution < -0.4 is 4.72 Å². The fourth-order valence-corrected chi connectivity index (χ4v) is 3.12. The van der Waals surface area contributed by atoms with Crippen molar-refractivity contribution in [3.8, 4) is 5.95 Å². The molecule has 2 heterocycles. The van der Waals surface area contributed by atoms with E-state index in [1.54, 1.807) is 6.07 Å². The first-order chi connectivity index (χ1) is 11.0. The van der Waals surface area contributed by atoms with Crippen molar-refractivity contribution in [3.05, 3.63) is 60.0 Å². The van der Waals surface area contributed by atoms with Gasteiger partial charge < -0.3 is 0 Å². The highest BCUT2D eigenvalue weighted by molar-refractivity contribution is 7.92. The molecule has 7 nitrogen and oxygen atoms in total. The summed E-state index contributed by atoms with van der Waals surface area (Å²) in [4.78, 5) is 11.8. The van der Waals surface area contributed by atoms with Crippen LogP contribution in [0.1, 0.15) is 0 Å². The van der Waals surface area contributed by atoms with Gasteiger partial charge in [0.05, 0.1) is 16.9 Å². The Kier molecular flexibility index (Phi) is 3.97. The molecular formula is C13H9ClFN5O2S. The monoisotopic (exact) mass is 353 g/mol. The summed E-state index contributed by atoms with van der Waals surface area (Å²) in [6.45, 7) is 0. The molecule has 118 valence electrons. The molecule has 0 aliphatic carbocycles. The number of halogens is 2. The second-order valence-electron chi connectivity index (χ2n) is 4.39. The van der Waals surface area contributed by atoms with Crippen molar-refractivity contribution in [3.63, 3.8) is 0 Å². The summed E-state index contributed by atoms with van der Waals surface area (Å²) >= 11 is 5.65. The predicted octanol–water partition coefficient (Wildman–Crippen LogP) is 2.26. The number of anilines is 1. The molecule has 10 heteroatoms. The minimum Gasteiger partial charge on any atom is -0.278 e. The minimum atomic E-state index is -3.99. The lowest BCUT2D eigenvalue weighted by Crippen LogP contribution is -2.17. The molecule has 0 fully saturated rings. The number of rotatable bonds is 4. The largest absolute Gasteiger partial charge is 0.279 e. The molecule has 23 heavy (non-hydrogen) atoms. The Morgan fingerprint density at radius 3 is 2.65 bits per heavy atom. The zero-order valence-corrected chi connectivity index (χ0v) is 13.0. The van der Waals surface area contributed by atoms with E-state index in [0.29, 0.717) is 0 Å². The van der Waals surface area contributed by atoms with Gasteiger partial charge in [-0.3, -0.25) is 9.29 Å². The number of benzene rings is 1. The van der Waals surface area contributed by atoms with Gasteiger partial charge in [0.1, 0.15) is 12.1 Å². The van der Waals surface area contributed by atoms with Crippen LogP contribution in [0.2, 0.25) is 5.02 Å². The molecule has 3 rings (SSSR count). The lowest BCUT2D eigenvalue weighted by atomic mass is 10.3. The first-order valence-corrected chi connectivity index (χ1v) is 8.11. The van der Waals surface area contributed by atoms with Gasteiger partial charge >= 0.3 is 0 Å². The van der Waals surface area contributed by atoms with Gasteiger partial charge in [-0.05, 0) is 24.3 Å². The molecule has 0 bridgehead atoms. The number of imidazole rings is 1. The summed E-state index contributed by atoms with van der Waals surface area (Å²) in [5, 5.41) is -0.353. The van der Waals surface area contributed by atoms with Crippen LogP contribution in [-0.2, 0) is 10.0 Å². The molecular weight excluding hydrogens is 345 g/mol. The molecule has 0 aliphatic rings. The molecule has 1 N–H and O–H groups in total. The highest BCUT2D eigenvalue weighted by atomic mass is 35.5. The molecule has 3 aromatic rings. The standard InChI is InChI=1S/C13H9ClFN5O2S/c14-10-6-9(2-3-11(10)15)19-23(21,22)12-7-16-8-20(12)13-17-4-1-5-18-13/h1-8,19H. The number of hydrogen-bond acceptors (Lipinski definition) is 5. The number of nitrogens with one attached hydrogen (secondary N) is 1.